The molecule has 0 aliphatic carbocycles. The van der Waals surface area contributed by atoms with Gasteiger partial charge in [0.15, 0.2) is 11.5 Å². The monoisotopic (exact) mass is 331 g/mol. The molecule has 0 unspecified atom stereocenters. The van der Waals surface area contributed by atoms with Gasteiger partial charge in [-0.2, -0.15) is 5.10 Å². The van der Waals surface area contributed by atoms with Crippen molar-refractivity contribution in [3.8, 4) is 11.5 Å². The predicted molar refractivity (Wildman–Crippen MR) is 86.3 cm³/mol. The van der Waals surface area contributed by atoms with Gasteiger partial charge in [0.2, 0.25) is 6.79 Å². The summed E-state index contributed by atoms with van der Waals surface area (Å²) in [5.41, 5.74) is 4.40. The number of carbonyl (C=O) groups is 1. The van der Waals surface area contributed by atoms with Crippen molar-refractivity contribution in [1.29, 1.82) is 0 Å². The Hall–Kier alpha value is -2.60. The first kappa shape index (κ1) is 15.3. The smallest absolute Gasteiger partial charge is 0.289 e. The molecule has 0 radical (unpaired) electrons. The van der Waals surface area contributed by atoms with E-state index in [9.17, 15) is 4.79 Å². The number of halogens is 1. The van der Waals surface area contributed by atoms with Gasteiger partial charge in [0.05, 0.1) is 11.2 Å². The van der Waals surface area contributed by atoms with Crippen molar-refractivity contribution >= 4 is 23.7 Å². The molecule has 0 atom stereocenters. The number of rotatable bonds is 4. The quantitative estimate of drug-likeness (QED) is 0.690. The number of pyridine rings is 1. The fourth-order valence-electron chi connectivity index (χ4n) is 2.02. The van der Waals surface area contributed by atoms with Gasteiger partial charge in [-0.25, -0.2) is 5.43 Å². The van der Waals surface area contributed by atoms with Crippen LogP contribution in [0.1, 0.15) is 28.5 Å². The van der Waals surface area contributed by atoms with Crippen LogP contribution in [0, 0.1) is 0 Å². The molecule has 3 rings (SSSR count). The molecule has 0 saturated carbocycles. The van der Waals surface area contributed by atoms with Crippen molar-refractivity contribution in [1.82, 2.24) is 10.4 Å². The first-order valence-electron chi connectivity index (χ1n) is 7.05. The molecule has 7 heteroatoms. The van der Waals surface area contributed by atoms with E-state index in [0.717, 1.165) is 12.0 Å². The topological polar surface area (TPSA) is 72.8 Å². The zero-order chi connectivity index (χ0) is 16.2. The molecule has 1 amide bonds. The van der Waals surface area contributed by atoms with Crippen molar-refractivity contribution in [2.24, 2.45) is 5.10 Å². The molecule has 2 heterocycles. The predicted octanol–water partition coefficient (Wildman–Crippen LogP) is 2.79. The summed E-state index contributed by atoms with van der Waals surface area (Å²) in [5, 5.41) is 4.36. The normalized spacial score (nSPS) is 12.6. The molecular formula is C16H14ClN3O3. The molecule has 0 fully saturated rings. The summed E-state index contributed by atoms with van der Waals surface area (Å²) < 4.78 is 10.5. The summed E-state index contributed by atoms with van der Waals surface area (Å²) >= 11 is 6.12. The Morgan fingerprint density at radius 3 is 2.87 bits per heavy atom. The number of amides is 1. The highest BCUT2D eigenvalue weighted by molar-refractivity contribution is 6.33. The number of aryl methyl sites for hydroxylation is 1. The molecule has 1 N–H and O–H groups in total. The lowest BCUT2D eigenvalue weighted by Crippen LogP contribution is -2.19. The van der Waals surface area contributed by atoms with Crippen molar-refractivity contribution in [3.63, 3.8) is 0 Å². The van der Waals surface area contributed by atoms with E-state index in [-0.39, 0.29) is 12.7 Å². The number of hydrazone groups is 1. The van der Waals surface area contributed by atoms with Gasteiger partial charge < -0.3 is 9.47 Å². The van der Waals surface area contributed by atoms with E-state index >= 15 is 0 Å². The Morgan fingerprint density at radius 1 is 1.39 bits per heavy atom. The highest BCUT2D eigenvalue weighted by Gasteiger charge is 2.15. The van der Waals surface area contributed by atoms with Crippen molar-refractivity contribution in [2.75, 3.05) is 6.79 Å². The maximum atomic E-state index is 11.9. The van der Waals surface area contributed by atoms with Gasteiger partial charge in [-0.05, 0) is 24.1 Å². The molecule has 0 spiro atoms. The molecule has 0 bridgehead atoms. The van der Waals surface area contributed by atoms with Crippen molar-refractivity contribution in [2.45, 2.75) is 13.3 Å². The highest BCUT2D eigenvalue weighted by atomic mass is 35.5. The summed E-state index contributed by atoms with van der Waals surface area (Å²) in [5.74, 6) is 0.802. The maximum Gasteiger partial charge on any atom is 0.289 e. The van der Waals surface area contributed by atoms with Crippen LogP contribution in [0.15, 0.2) is 35.6 Å². The van der Waals surface area contributed by atoms with Crippen LogP contribution in [0.4, 0.5) is 0 Å². The minimum absolute atomic E-state index is 0.169. The zero-order valence-electron chi connectivity index (χ0n) is 12.4. The largest absolute Gasteiger partial charge is 0.454 e. The average molecular weight is 332 g/mol. The number of fused-ring (bicyclic) bond motifs is 1. The Labute approximate surface area is 138 Å². The van der Waals surface area contributed by atoms with Crippen LogP contribution in [0.2, 0.25) is 5.02 Å². The number of nitrogens with one attached hydrogen (secondary N) is 1. The van der Waals surface area contributed by atoms with E-state index in [4.69, 9.17) is 21.1 Å². The molecule has 1 aromatic heterocycles. The minimum atomic E-state index is -0.388. The van der Waals surface area contributed by atoms with Gasteiger partial charge in [0.1, 0.15) is 5.69 Å². The average Bonchev–Trinajstić information content (AvgIpc) is 3.02. The molecule has 2 aromatic rings. The Kier molecular flexibility index (Phi) is 4.43. The summed E-state index contributed by atoms with van der Waals surface area (Å²) in [7, 11) is 0. The fourth-order valence-corrected chi connectivity index (χ4v) is 2.22. The second-order valence-corrected chi connectivity index (χ2v) is 5.24. The van der Waals surface area contributed by atoms with Crippen LogP contribution in [-0.4, -0.2) is 23.9 Å². The number of hydrogen-bond donors (Lipinski definition) is 1. The Morgan fingerprint density at radius 2 is 2.17 bits per heavy atom. The van der Waals surface area contributed by atoms with Gasteiger partial charge in [-0.15, -0.1) is 0 Å². The van der Waals surface area contributed by atoms with Crippen molar-refractivity contribution in [3.05, 3.63) is 52.3 Å². The third-order valence-electron chi connectivity index (χ3n) is 3.33. The van der Waals surface area contributed by atoms with Crippen LogP contribution >= 0.6 is 11.6 Å². The van der Waals surface area contributed by atoms with Gasteiger partial charge >= 0.3 is 0 Å². The lowest BCUT2D eigenvalue weighted by Gasteiger charge is -2.02. The van der Waals surface area contributed by atoms with Gasteiger partial charge in [0, 0.05) is 17.8 Å². The van der Waals surface area contributed by atoms with Gasteiger partial charge in [0.25, 0.3) is 5.91 Å². The first-order chi connectivity index (χ1) is 11.2. The number of benzene rings is 1. The molecule has 1 aliphatic heterocycles. The number of ether oxygens (including phenoxy) is 2. The number of aromatic nitrogens is 1. The number of nitrogens with zero attached hydrogens (tertiary/aromatic N) is 2. The molecule has 1 aromatic carbocycles. The highest BCUT2D eigenvalue weighted by Crippen LogP contribution is 2.36. The van der Waals surface area contributed by atoms with Crippen LogP contribution < -0.4 is 14.9 Å². The van der Waals surface area contributed by atoms with E-state index in [1.54, 1.807) is 24.4 Å². The SMILES string of the molecule is CCc1ccc(C(=O)N/N=C\c2cc3c(cc2Cl)OCO3)nc1. The molecular weight excluding hydrogens is 318 g/mol. The van der Waals surface area contributed by atoms with Crippen LogP contribution in [0.5, 0.6) is 11.5 Å². The first-order valence-corrected chi connectivity index (χ1v) is 7.42. The van der Waals surface area contributed by atoms with Crippen LogP contribution in [-0.2, 0) is 6.42 Å². The molecule has 6 nitrogen and oxygen atoms in total. The molecule has 1 aliphatic rings. The van der Waals surface area contributed by atoms with E-state index in [0.29, 0.717) is 27.8 Å². The Bertz CT molecular complexity index is 760. The van der Waals surface area contributed by atoms with E-state index in [2.05, 4.69) is 15.5 Å². The van der Waals surface area contributed by atoms with Crippen molar-refractivity contribution < 1.29 is 14.3 Å². The zero-order valence-corrected chi connectivity index (χ0v) is 13.1. The minimum Gasteiger partial charge on any atom is -0.454 e. The standard InChI is InChI=1S/C16H14ClN3O3/c1-2-10-3-4-13(18-7-10)16(21)20-19-8-11-5-14-15(6-12(11)17)23-9-22-14/h3-8H,2,9H2,1H3,(H,20,21)/b19-8-. The number of hydrogen-bond acceptors (Lipinski definition) is 5. The number of carbonyl (C=O) groups excluding carboxylic acids is 1. The second-order valence-electron chi connectivity index (χ2n) is 4.83. The molecule has 0 saturated heterocycles. The Balaban J connectivity index is 1.67. The lowest BCUT2D eigenvalue weighted by molar-refractivity contribution is 0.0950. The summed E-state index contributed by atoms with van der Waals surface area (Å²) in [6, 6.07) is 6.88. The van der Waals surface area contributed by atoms with E-state index in [1.807, 2.05) is 13.0 Å². The maximum absolute atomic E-state index is 11.9. The third kappa shape index (κ3) is 3.43. The van der Waals surface area contributed by atoms with Gasteiger partial charge in [-0.1, -0.05) is 24.6 Å². The third-order valence-corrected chi connectivity index (χ3v) is 3.65. The molecule has 23 heavy (non-hydrogen) atoms. The lowest BCUT2D eigenvalue weighted by atomic mass is 10.2. The van der Waals surface area contributed by atoms with Crippen LogP contribution in [0.25, 0.3) is 0 Å². The van der Waals surface area contributed by atoms with E-state index in [1.165, 1.54) is 6.21 Å². The molecule has 118 valence electrons. The summed E-state index contributed by atoms with van der Waals surface area (Å²) in [4.78, 5) is 16.0. The summed E-state index contributed by atoms with van der Waals surface area (Å²) in [6.45, 7) is 2.19. The fraction of sp³-hybridized carbons (Fsp3) is 0.188. The van der Waals surface area contributed by atoms with E-state index < -0.39 is 0 Å². The van der Waals surface area contributed by atoms with Gasteiger partial charge in [-0.3, -0.25) is 9.78 Å². The second kappa shape index (κ2) is 6.66. The van der Waals surface area contributed by atoms with Crippen LogP contribution in [0.3, 0.4) is 0 Å². The summed E-state index contributed by atoms with van der Waals surface area (Å²) in [6.07, 6.45) is 3.99.